The average molecular weight is 802 g/mol. The number of ether oxygens (including phenoxy) is 3. The minimum Gasteiger partial charge on any atom is -0.493 e. The van der Waals surface area contributed by atoms with Crippen LogP contribution in [-0.2, 0) is 32.7 Å². The Hall–Kier alpha value is -7.72. The van der Waals surface area contributed by atoms with Crippen molar-refractivity contribution >= 4 is 63.6 Å². The highest BCUT2D eigenvalue weighted by molar-refractivity contribution is 6.26. The summed E-state index contributed by atoms with van der Waals surface area (Å²) in [5, 5.41) is 16.9. The van der Waals surface area contributed by atoms with E-state index in [9.17, 15) is 34.1 Å². The van der Waals surface area contributed by atoms with Crippen molar-refractivity contribution in [1.29, 1.82) is 0 Å². The Bertz CT molecular complexity index is 2600. The van der Waals surface area contributed by atoms with Gasteiger partial charge in [0.25, 0.3) is 17.7 Å². The van der Waals surface area contributed by atoms with Crippen LogP contribution in [0.2, 0.25) is 0 Å². The van der Waals surface area contributed by atoms with Crippen molar-refractivity contribution in [2.45, 2.75) is 38.5 Å². The number of imide groups is 2. The van der Waals surface area contributed by atoms with Crippen molar-refractivity contribution < 1.29 is 43.1 Å². The van der Waals surface area contributed by atoms with Crippen molar-refractivity contribution in [1.82, 2.24) is 29.7 Å². The first-order chi connectivity index (χ1) is 28.4. The number of nitrogens with zero attached hydrogens (tertiary/aromatic N) is 7. The molecule has 19 nitrogen and oxygen atoms in total. The monoisotopic (exact) mass is 801 g/mol. The van der Waals surface area contributed by atoms with Crippen LogP contribution in [0.25, 0.3) is 10.9 Å². The van der Waals surface area contributed by atoms with E-state index in [4.69, 9.17) is 20.6 Å². The maximum atomic E-state index is 13.4. The van der Waals surface area contributed by atoms with E-state index in [1.54, 1.807) is 37.4 Å². The number of methoxy groups -OCH3 is 1. The number of aromatic nitrogens is 4. The van der Waals surface area contributed by atoms with Crippen LogP contribution >= 0.6 is 0 Å². The quantitative estimate of drug-likeness (QED) is 0.0539. The van der Waals surface area contributed by atoms with Crippen molar-refractivity contribution in [2.75, 3.05) is 30.5 Å². The standard InChI is InChI=1S/C40H35N9O10/c1-5-23-8-6-9-24(16-23)47(20-25-19-41-40(46(25)3)49(55)56)35-27-17-32(31(57-4)18-29(27)42-21-43-35)59-15-14-58-22(2)36(51)44-28-11-7-10-26-34(28)39(54)48(38(26)53)30-12-13-33(50)45-37(30)52/h1,6-11,16-19,21-22,30H,12-15,20H2,2-4H3,(H,44,51)(H,45,50,52). The van der Waals surface area contributed by atoms with Crippen molar-refractivity contribution in [3.8, 4) is 23.8 Å². The number of anilines is 3. The van der Waals surface area contributed by atoms with E-state index in [0.29, 0.717) is 45.2 Å². The number of hydrogen-bond donors (Lipinski definition) is 2. The zero-order valence-electron chi connectivity index (χ0n) is 31.8. The summed E-state index contributed by atoms with van der Waals surface area (Å²) in [7, 11) is 3.02. The molecule has 5 amide bonds. The van der Waals surface area contributed by atoms with E-state index in [2.05, 4.69) is 31.5 Å². The second kappa shape index (κ2) is 16.4. The maximum Gasteiger partial charge on any atom is 0.434 e. The van der Waals surface area contributed by atoms with Gasteiger partial charge in [0, 0.05) is 29.1 Å². The van der Waals surface area contributed by atoms with Gasteiger partial charge in [-0.05, 0) is 54.7 Å². The number of rotatable bonds is 14. The summed E-state index contributed by atoms with van der Waals surface area (Å²) in [6, 6.07) is 13.8. The highest BCUT2D eigenvalue weighted by Gasteiger charge is 2.46. The lowest BCUT2D eigenvalue weighted by atomic mass is 10.0. The molecule has 0 spiro atoms. The minimum atomic E-state index is -1.16. The summed E-state index contributed by atoms with van der Waals surface area (Å²) >= 11 is 0. The minimum absolute atomic E-state index is 0.00851. The number of hydrogen-bond acceptors (Lipinski definition) is 14. The number of amides is 5. The molecule has 7 rings (SSSR count). The molecule has 0 bridgehead atoms. The molecule has 5 aromatic rings. The Labute approximate surface area is 335 Å². The number of nitrogens with one attached hydrogen (secondary N) is 2. The number of imidazole rings is 1. The molecule has 0 aliphatic carbocycles. The van der Waals surface area contributed by atoms with Crippen LogP contribution in [0.5, 0.6) is 11.5 Å². The lowest BCUT2D eigenvalue weighted by molar-refractivity contribution is -0.396. The summed E-state index contributed by atoms with van der Waals surface area (Å²) in [6.45, 7) is 1.51. The van der Waals surface area contributed by atoms with Crippen LogP contribution in [0.4, 0.5) is 23.1 Å². The molecule has 19 heteroatoms. The first-order valence-corrected chi connectivity index (χ1v) is 18.1. The molecule has 1 fully saturated rings. The van der Waals surface area contributed by atoms with Gasteiger partial charge in [-0.1, -0.05) is 23.0 Å². The third-order valence-electron chi connectivity index (χ3n) is 9.83. The summed E-state index contributed by atoms with van der Waals surface area (Å²) in [5.74, 6) is 0.0549. The Balaban J connectivity index is 1.06. The van der Waals surface area contributed by atoms with Gasteiger partial charge in [0.1, 0.15) is 42.8 Å². The van der Waals surface area contributed by atoms with Crippen LogP contribution in [0, 0.1) is 22.5 Å². The second-order valence-corrected chi connectivity index (χ2v) is 13.4. The van der Waals surface area contributed by atoms with Crippen molar-refractivity contribution in [3.05, 3.63) is 99.6 Å². The first-order valence-electron chi connectivity index (χ1n) is 18.1. The van der Waals surface area contributed by atoms with Gasteiger partial charge >= 0.3 is 5.95 Å². The van der Waals surface area contributed by atoms with Gasteiger partial charge < -0.3 is 34.5 Å². The fourth-order valence-electron chi connectivity index (χ4n) is 6.81. The number of nitro groups is 1. The molecule has 3 aromatic carbocycles. The Kier molecular flexibility index (Phi) is 11.0. The fraction of sp³-hybridized carbons (Fsp3) is 0.250. The van der Waals surface area contributed by atoms with Crippen LogP contribution in [0.15, 0.2) is 67.1 Å². The number of benzene rings is 3. The average Bonchev–Trinajstić information content (AvgIpc) is 3.72. The number of piperidine rings is 1. The molecule has 0 saturated carbocycles. The lowest BCUT2D eigenvalue weighted by Crippen LogP contribution is -2.54. The smallest absolute Gasteiger partial charge is 0.434 e. The van der Waals surface area contributed by atoms with Crippen LogP contribution < -0.4 is 25.0 Å². The molecule has 2 aromatic heterocycles. The van der Waals surface area contributed by atoms with Gasteiger partial charge in [0.15, 0.2) is 11.5 Å². The van der Waals surface area contributed by atoms with E-state index in [1.165, 1.54) is 49.3 Å². The zero-order valence-corrected chi connectivity index (χ0v) is 31.8. The Morgan fingerprint density at radius 2 is 1.88 bits per heavy atom. The number of carbonyl (C=O) groups excluding carboxylic acids is 5. The third-order valence-corrected chi connectivity index (χ3v) is 9.83. The van der Waals surface area contributed by atoms with Crippen LogP contribution in [-0.4, -0.2) is 91.3 Å². The molecule has 300 valence electrons. The van der Waals surface area contributed by atoms with Gasteiger partial charge in [0.05, 0.1) is 49.6 Å². The number of carbonyl (C=O) groups is 5. The van der Waals surface area contributed by atoms with Crippen LogP contribution in [0.3, 0.4) is 0 Å². The van der Waals surface area contributed by atoms with E-state index in [1.807, 2.05) is 11.0 Å². The van der Waals surface area contributed by atoms with Crippen LogP contribution in [0.1, 0.15) is 51.7 Å². The molecule has 2 unspecified atom stereocenters. The lowest BCUT2D eigenvalue weighted by Gasteiger charge is -2.27. The van der Waals surface area contributed by atoms with E-state index in [-0.39, 0.29) is 55.4 Å². The summed E-state index contributed by atoms with van der Waals surface area (Å²) < 4.78 is 18.8. The van der Waals surface area contributed by atoms with E-state index < -0.39 is 46.6 Å². The normalized spacial score (nSPS) is 15.4. The highest BCUT2D eigenvalue weighted by Crippen LogP contribution is 2.38. The molecule has 4 heterocycles. The second-order valence-electron chi connectivity index (χ2n) is 13.4. The Morgan fingerprint density at radius 3 is 2.61 bits per heavy atom. The number of terminal acetylenes is 1. The molecular weight excluding hydrogens is 766 g/mol. The largest absolute Gasteiger partial charge is 0.493 e. The molecule has 2 N–H and O–H groups in total. The van der Waals surface area contributed by atoms with Gasteiger partial charge in [-0.15, -0.1) is 6.42 Å². The zero-order chi connectivity index (χ0) is 42.0. The molecule has 1 saturated heterocycles. The molecule has 59 heavy (non-hydrogen) atoms. The fourth-order valence-corrected chi connectivity index (χ4v) is 6.81. The van der Waals surface area contributed by atoms with Gasteiger partial charge in [-0.3, -0.25) is 34.2 Å². The molecule has 2 aliphatic rings. The maximum absolute atomic E-state index is 13.4. The molecule has 0 radical (unpaired) electrons. The van der Waals surface area contributed by atoms with Gasteiger partial charge in [-0.25, -0.2) is 14.5 Å². The first kappa shape index (κ1) is 39.5. The van der Waals surface area contributed by atoms with Gasteiger partial charge in [-0.2, -0.15) is 0 Å². The SMILES string of the molecule is C#Cc1cccc(N(Cc2cnc([N+](=O)[O-])n2C)c2ncnc3cc(OC)c(OCCOC(C)C(=O)Nc4cccc5c4C(=O)N(C4CCC(=O)NC4=O)C5=O)cc23)c1. The predicted octanol–water partition coefficient (Wildman–Crippen LogP) is 3.42. The Morgan fingerprint density at radius 1 is 1.08 bits per heavy atom. The van der Waals surface area contributed by atoms with Crippen molar-refractivity contribution in [3.63, 3.8) is 0 Å². The molecule has 2 atom stereocenters. The predicted molar refractivity (Wildman–Crippen MR) is 209 cm³/mol. The molecular formula is C40H35N9O10. The summed E-state index contributed by atoms with van der Waals surface area (Å²) in [5.41, 5.74) is 2.27. The van der Waals surface area contributed by atoms with Crippen molar-refractivity contribution in [2.24, 2.45) is 7.05 Å². The third kappa shape index (κ3) is 7.71. The summed E-state index contributed by atoms with van der Waals surface area (Å²) in [6.07, 6.45) is 7.44. The highest BCUT2D eigenvalue weighted by atomic mass is 16.6. The topological polar surface area (TPSA) is 230 Å². The van der Waals surface area contributed by atoms with Gasteiger partial charge in [0.2, 0.25) is 11.8 Å². The molecule has 2 aliphatic heterocycles. The van der Waals surface area contributed by atoms with E-state index in [0.717, 1.165) is 4.90 Å². The van der Waals surface area contributed by atoms with E-state index >= 15 is 0 Å². The number of fused-ring (bicyclic) bond motifs is 2. The summed E-state index contributed by atoms with van der Waals surface area (Å²) in [4.78, 5) is 90.7.